The van der Waals surface area contributed by atoms with Crippen LogP contribution in [0.4, 0.5) is 5.69 Å². The average Bonchev–Trinajstić information content (AvgIpc) is 3.11. The zero-order valence-corrected chi connectivity index (χ0v) is 14.8. The molecular weight excluding hydrogens is 336 g/mol. The molecule has 5 heteroatoms. The summed E-state index contributed by atoms with van der Waals surface area (Å²) in [6.45, 7) is 0.207. The third kappa shape index (κ3) is 3.21. The minimum atomic E-state index is -0.0211. The lowest BCUT2D eigenvalue weighted by Crippen LogP contribution is -2.20. The lowest BCUT2D eigenvalue weighted by Gasteiger charge is -2.19. The van der Waals surface area contributed by atoms with Crippen molar-refractivity contribution in [2.75, 3.05) is 18.5 Å². The Hall–Kier alpha value is -3.78. The Morgan fingerprint density at radius 3 is 2.59 bits per heavy atom. The number of aliphatic hydroxyl groups is 1. The fraction of sp³-hybridized carbons (Fsp3) is 0.0909. The molecular formula is C22H18N4O. The van der Waals surface area contributed by atoms with E-state index in [1.807, 2.05) is 60.5 Å². The van der Waals surface area contributed by atoms with E-state index in [4.69, 9.17) is 0 Å². The van der Waals surface area contributed by atoms with E-state index in [0.29, 0.717) is 5.82 Å². The number of likely N-dealkylation sites (N-methyl/N-ethyl adjacent to an activating group) is 1. The first-order chi connectivity index (χ1) is 13.2. The first kappa shape index (κ1) is 16.7. The number of nitrogens with one attached hydrogen (secondary N) is 1. The van der Waals surface area contributed by atoms with Crippen molar-refractivity contribution in [3.63, 3.8) is 0 Å². The number of imidazole rings is 1. The monoisotopic (exact) mass is 354 g/mol. The van der Waals surface area contributed by atoms with Crippen molar-refractivity contribution in [3.05, 3.63) is 78.3 Å². The second-order valence-corrected chi connectivity index (χ2v) is 6.42. The van der Waals surface area contributed by atoms with E-state index in [9.17, 15) is 10.4 Å². The molecule has 0 saturated carbocycles. The summed E-state index contributed by atoms with van der Waals surface area (Å²) < 4.78 is 0. The Kier molecular flexibility index (Phi) is 4.23. The quantitative estimate of drug-likeness (QED) is 0.413. The number of para-hydroxylation sites is 2. The second-order valence-electron chi connectivity index (χ2n) is 6.42. The number of aromatic amines is 1. The van der Waals surface area contributed by atoms with Crippen LogP contribution in [0, 0.1) is 11.3 Å². The number of H-pyrrole nitrogens is 1. The summed E-state index contributed by atoms with van der Waals surface area (Å²) in [5.74, 6) is 0.357. The van der Waals surface area contributed by atoms with E-state index < -0.39 is 0 Å². The van der Waals surface area contributed by atoms with Crippen LogP contribution in [0.5, 0.6) is 0 Å². The van der Waals surface area contributed by atoms with Crippen LogP contribution < -0.4 is 4.90 Å². The van der Waals surface area contributed by atoms with Crippen LogP contribution in [-0.4, -0.2) is 28.7 Å². The SMILES string of the molecule is CN(C/C(O)=C(\C#N)c1nc2ccccc2[nH]1)c1ccc2ccccc2c1. The number of allylic oxidation sites excluding steroid dienone is 1. The number of anilines is 1. The highest BCUT2D eigenvalue weighted by Crippen LogP contribution is 2.23. The summed E-state index contributed by atoms with van der Waals surface area (Å²) in [7, 11) is 1.88. The molecule has 4 rings (SSSR count). The molecule has 3 aromatic carbocycles. The smallest absolute Gasteiger partial charge is 0.152 e. The van der Waals surface area contributed by atoms with Crippen molar-refractivity contribution in [2.24, 2.45) is 0 Å². The fourth-order valence-corrected chi connectivity index (χ4v) is 3.13. The third-order valence-corrected chi connectivity index (χ3v) is 4.59. The predicted octanol–water partition coefficient (Wildman–Crippen LogP) is 4.65. The van der Waals surface area contributed by atoms with Gasteiger partial charge in [0.05, 0.1) is 17.6 Å². The molecule has 132 valence electrons. The molecule has 2 N–H and O–H groups in total. The van der Waals surface area contributed by atoms with Gasteiger partial charge in [-0.2, -0.15) is 5.26 Å². The van der Waals surface area contributed by atoms with Gasteiger partial charge in [-0.15, -0.1) is 0 Å². The van der Waals surface area contributed by atoms with Gasteiger partial charge in [0.1, 0.15) is 17.4 Å². The highest BCUT2D eigenvalue weighted by molar-refractivity contribution is 5.86. The van der Waals surface area contributed by atoms with Crippen molar-refractivity contribution < 1.29 is 5.11 Å². The maximum absolute atomic E-state index is 10.6. The molecule has 0 fully saturated rings. The number of aliphatic hydroxyl groups excluding tert-OH is 1. The molecule has 0 aliphatic heterocycles. The molecule has 1 aromatic heterocycles. The lowest BCUT2D eigenvalue weighted by atomic mass is 10.1. The predicted molar refractivity (Wildman–Crippen MR) is 108 cm³/mol. The van der Waals surface area contributed by atoms with Gasteiger partial charge >= 0.3 is 0 Å². The number of rotatable bonds is 4. The van der Waals surface area contributed by atoms with Crippen LogP contribution in [0.1, 0.15) is 5.82 Å². The van der Waals surface area contributed by atoms with Gasteiger partial charge in [-0.1, -0.05) is 42.5 Å². The Morgan fingerprint density at radius 2 is 1.81 bits per heavy atom. The average molecular weight is 354 g/mol. The molecule has 0 saturated heterocycles. The molecule has 0 bridgehead atoms. The lowest BCUT2D eigenvalue weighted by molar-refractivity contribution is 0.404. The standard InChI is InChI=1S/C22H18N4O/c1-26(17-11-10-15-6-2-3-7-16(15)12-17)14-21(27)18(13-23)22-24-19-8-4-5-9-20(19)25-22/h2-12,27H,14H2,1H3,(H,24,25)/b21-18-. The van der Waals surface area contributed by atoms with E-state index in [-0.39, 0.29) is 17.9 Å². The molecule has 0 aliphatic carbocycles. The molecule has 0 aliphatic rings. The maximum atomic E-state index is 10.6. The van der Waals surface area contributed by atoms with Crippen LogP contribution in [0.2, 0.25) is 0 Å². The van der Waals surface area contributed by atoms with Gasteiger partial charge in [0, 0.05) is 12.7 Å². The number of nitriles is 1. The number of benzene rings is 3. The van der Waals surface area contributed by atoms with Gasteiger partial charge in [-0.25, -0.2) is 4.98 Å². The van der Waals surface area contributed by atoms with Crippen molar-refractivity contribution in [1.82, 2.24) is 9.97 Å². The van der Waals surface area contributed by atoms with Crippen LogP contribution in [0.15, 0.2) is 72.5 Å². The second kappa shape index (κ2) is 6.85. The van der Waals surface area contributed by atoms with Gasteiger partial charge < -0.3 is 15.0 Å². The first-order valence-electron chi connectivity index (χ1n) is 8.63. The molecule has 0 unspecified atom stereocenters. The van der Waals surface area contributed by atoms with Gasteiger partial charge in [-0.3, -0.25) is 0 Å². The van der Waals surface area contributed by atoms with Gasteiger partial charge in [0.25, 0.3) is 0 Å². The van der Waals surface area contributed by atoms with Crippen LogP contribution in [-0.2, 0) is 0 Å². The van der Waals surface area contributed by atoms with Gasteiger partial charge in [0.15, 0.2) is 5.82 Å². The summed E-state index contributed by atoms with van der Waals surface area (Å²) in [6.07, 6.45) is 0. The molecule has 0 radical (unpaired) electrons. The summed E-state index contributed by atoms with van der Waals surface area (Å²) in [6, 6.07) is 23.8. The number of hydrogen-bond acceptors (Lipinski definition) is 4. The van der Waals surface area contributed by atoms with Gasteiger partial charge in [-0.05, 0) is 35.0 Å². The summed E-state index contributed by atoms with van der Waals surface area (Å²) >= 11 is 0. The van der Waals surface area contributed by atoms with Crippen LogP contribution in [0.3, 0.4) is 0 Å². The Bertz CT molecular complexity index is 1170. The third-order valence-electron chi connectivity index (χ3n) is 4.59. The van der Waals surface area contributed by atoms with Gasteiger partial charge in [0.2, 0.25) is 0 Å². The van der Waals surface area contributed by atoms with E-state index in [2.05, 4.69) is 34.2 Å². The normalized spacial score (nSPS) is 12.0. The van der Waals surface area contributed by atoms with E-state index in [1.165, 1.54) is 0 Å². The van der Waals surface area contributed by atoms with E-state index in [0.717, 1.165) is 27.5 Å². The summed E-state index contributed by atoms with van der Waals surface area (Å²) in [5, 5.41) is 22.4. The molecule has 4 aromatic rings. The molecule has 5 nitrogen and oxygen atoms in total. The molecule has 0 atom stereocenters. The number of nitrogens with zero attached hydrogens (tertiary/aromatic N) is 3. The highest BCUT2D eigenvalue weighted by atomic mass is 16.3. The minimum absolute atomic E-state index is 0.0211. The van der Waals surface area contributed by atoms with Crippen molar-refractivity contribution in [2.45, 2.75) is 0 Å². The zero-order valence-electron chi connectivity index (χ0n) is 14.8. The van der Waals surface area contributed by atoms with E-state index >= 15 is 0 Å². The number of fused-ring (bicyclic) bond motifs is 2. The Morgan fingerprint density at radius 1 is 1.07 bits per heavy atom. The fourth-order valence-electron chi connectivity index (χ4n) is 3.13. The van der Waals surface area contributed by atoms with E-state index in [1.54, 1.807) is 0 Å². The molecule has 0 spiro atoms. The Labute approximate surface area is 156 Å². The minimum Gasteiger partial charge on any atom is -0.509 e. The zero-order chi connectivity index (χ0) is 18.8. The van der Waals surface area contributed by atoms with Crippen molar-refractivity contribution in [1.29, 1.82) is 5.26 Å². The molecule has 1 heterocycles. The highest BCUT2D eigenvalue weighted by Gasteiger charge is 2.15. The van der Waals surface area contributed by atoms with Crippen LogP contribution >= 0.6 is 0 Å². The van der Waals surface area contributed by atoms with Crippen LogP contribution in [0.25, 0.3) is 27.4 Å². The summed E-state index contributed by atoms with van der Waals surface area (Å²) in [5.41, 5.74) is 2.70. The largest absolute Gasteiger partial charge is 0.509 e. The first-order valence-corrected chi connectivity index (χ1v) is 8.63. The van der Waals surface area contributed by atoms with Crippen molar-refractivity contribution >= 4 is 33.1 Å². The topological polar surface area (TPSA) is 75.9 Å². The summed E-state index contributed by atoms with van der Waals surface area (Å²) in [4.78, 5) is 9.41. The number of hydrogen-bond donors (Lipinski definition) is 2. The van der Waals surface area contributed by atoms with Crippen molar-refractivity contribution in [3.8, 4) is 6.07 Å². The molecule has 27 heavy (non-hydrogen) atoms. The molecule has 0 amide bonds. The number of aromatic nitrogens is 2. The maximum Gasteiger partial charge on any atom is 0.152 e. The Balaban J connectivity index is 1.64.